The summed E-state index contributed by atoms with van der Waals surface area (Å²) < 4.78 is 26.5. The van der Waals surface area contributed by atoms with Crippen molar-refractivity contribution >= 4 is 23.2 Å². The SMILES string of the molecule is CNC(Cc1cc(F)cc(F)c1)Cc1c(Cl)cccc1Cl. The molecule has 2 aromatic carbocycles. The summed E-state index contributed by atoms with van der Waals surface area (Å²) >= 11 is 12.3. The molecule has 2 rings (SSSR count). The molecule has 0 heterocycles. The first-order valence-electron chi connectivity index (χ1n) is 6.54. The number of likely N-dealkylation sites (N-methyl/N-ethyl adjacent to an activating group) is 1. The summed E-state index contributed by atoms with van der Waals surface area (Å²) in [6, 6.07) is 8.84. The van der Waals surface area contributed by atoms with Gasteiger partial charge in [-0.15, -0.1) is 0 Å². The van der Waals surface area contributed by atoms with Crippen molar-refractivity contribution in [3.05, 3.63) is 69.2 Å². The van der Waals surface area contributed by atoms with E-state index >= 15 is 0 Å². The van der Waals surface area contributed by atoms with Gasteiger partial charge >= 0.3 is 0 Å². The average molecular weight is 330 g/mol. The molecule has 0 radical (unpaired) electrons. The predicted octanol–water partition coefficient (Wildman–Crippen LogP) is 4.64. The molecule has 21 heavy (non-hydrogen) atoms. The van der Waals surface area contributed by atoms with Crippen LogP contribution in [0, 0.1) is 11.6 Å². The Labute approximate surface area is 132 Å². The molecular formula is C16H15Cl2F2N. The second kappa shape index (κ2) is 7.21. The van der Waals surface area contributed by atoms with E-state index in [-0.39, 0.29) is 6.04 Å². The lowest BCUT2D eigenvalue weighted by atomic mass is 9.99. The van der Waals surface area contributed by atoms with Gasteiger partial charge in [0, 0.05) is 22.2 Å². The van der Waals surface area contributed by atoms with E-state index in [2.05, 4.69) is 5.32 Å². The smallest absolute Gasteiger partial charge is 0.126 e. The van der Waals surface area contributed by atoms with Crippen molar-refractivity contribution in [1.82, 2.24) is 5.32 Å². The Morgan fingerprint density at radius 1 is 1.00 bits per heavy atom. The zero-order valence-corrected chi connectivity index (χ0v) is 13.0. The second-order valence-corrected chi connectivity index (χ2v) is 5.69. The fourth-order valence-electron chi connectivity index (χ4n) is 2.26. The number of halogens is 4. The minimum atomic E-state index is -0.573. The minimum Gasteiger partial charge on any atom is -0.316 e. The van der Waals surface area contributed by atoms with Crippen LogP contribution in [0.1, 0.15) is 11.1 Å². The second-order valence-electron chi connectivity index (χ2n) is 4.87. The monoisotopic (exact) mass is 329 g/mol. The molecule has 2 aromatic rings. The van der Waals surface area contributed by atoms with Gasteiger partial charge in [0.2, 0.25) is 0 Å². The third kappa shape index (κ3) is 4.40. The number of benzene rings is 2. The Morgan fingerprint density at radius 3 is 2.10 bits per heavy atom. The lowest BCUT2D eigenvalue weighted by Crippen LogP contribution is -2.30. The van der Waals surface area contributed by atoms with Gasteiger partial charge in [-0.05, 0) is 55.3 Å². The average Bonchev–Trinajstić information content (AvgIpc) is 2.40. The molecule has 112 valence electrons. The molecule has 0 aliphatic rings. The van der Waals surface area contributed by atoms with Crippen molar-refractivity contribution in [2.24, 2.45) is 0 Å². The highest BCUT2D eigenvalue weighted by Gasteiger charge is 2.14. The van der Waals surface area contributed by atoms with Gasteiger partial charge < -0.3 is 5.32 Å². The van der Waals surface area contributed by atoms with Crippen molar-refractivity contribution in [3.8, 4) is 0 Å². The van der Waals surface area contributed by atoms with Gasteiger partial charge in [-0.25, -0.2) is 8.78 Å². The van der Waals surface area contributed by atoms with E-state index in [4.69, 9.17) is 23.2 Å². The molecule has 0 fully saturated rings. The maximum atomic E-state index is 13.2. The van der Waals surface area contributed by atoms with Gasteiger partial charge in [0.25, 0.3) is 0 Å². The summed E-state index contributed by atoms with van der Waals surface area (Å²) in [5.74, 6) is -1.15. The van der Waals surface area contributed by atoms with Gasteiger partial charge in [0.15, 0.2) is 0 Å². The zero-order valence-electron chi connectivity index (χ0n) is 11.5. The largest absolute Gasteiger partial charge is 0.316 e. The molecule has 5 heteroatoms. The molecule has 0 spiro atoms. The summed E-state index contributed by atoms with van der Waals surface area (Å²) in [7, 11) is 1.80. The van der Waals surface area contributed by atoms with E-state index in [0.717, 1.165) is 11.6 Å². The van der Waals surface area contributed by atoms with Crippen LogP contribution in [0.3, 0.4) is 0 Å². The summed E-state index contributed by atoms with van der Waals surface area (Å²) in [6.07, 6.45) is 1.06. The molecule has 1 N–H and O–H groups in total. The maximum absolute atomic E-state index is 13.2. The van der Waals surface area contributed by atoms with Crippen LogP contribution in [-0.2, 0) is 12.8 Å². The van der Waals surface area contributed by atoms with E-state index in [9.17, 15) is 8.78 Å². The summed E-state index contributed by atoms with van der Waals surface area (Å²) in [5, 5.41) is 4.31. The first kappa shape index (κ1) is 16.2. The molecule has 0 saturated heterocycles. The molecule has 1 atom stereocenters. The first-order valence-corrected chi connectivity index (χ1v) is 7.30. The fraction of sp³-hybridized carbons (Fsp3) is 0.250. The highest BCUT2D eigenvalue weighted by atomic mass is 35.5. The van der Waals surface area contributed by atoms with Crippen molar-refractivity contribution < 1.29 is 8.78 Å². The number of hydrogen-bond acceptors (Lipinski definition) is 1. The third-order valence-corrected chi connectivity index (χ3v) is 4.03. The Hall–Kier alpha value is -1.16. The Bertz CT molecular complexity index is 591. The van der Waals surface area contributed by atoms with Gasteiger partial charge in [0.05, 0.1) is 0 Å². The lowest BCUT2D eigenvalue weighted by Gasteiger charge is -2.18. The molecule has 0 aromatic heterocycles. The third-order valence-electron chi connectivity index (χ3n) is 3.32. The summed E-state index contributed by atoms with van der Waals surface area (Å²) in [4.78, 5) is 0. The molecule has 1 unspecified atom stereocenters. The maximum Gasteiger partial charge on any atom is 0.126 e. The highest BCUT2D eigenvalue weighted by molar-refractivity contribution is 6.36. The molecule has 0 aliphatic heterocycles. The fourth-order valence-corrected chi connectivity index (χ4v) is 2.82. The van der Waals surface area contributed by atoms with Crippen LogP contribution in [0.4, 0.5) is 8.78 Å². The van der Waals surface area contributed by atoms with E-state index in [1.165, 1.54) is 12.1 Å². The van der Waals surface area contributed by atoms with Crippen LogP contribution in [0.5, 0.6) is 0 Å². The first-order chi connectivity index (χ1) is 9.99. The van der Waals surface area contributed by atoms with E-state index in [1.54, 1.807) is 25.2 Å². The summed E-state index contributed by atoms with van der Waals surface area (Å²) in [6.45, 7) is 0. The van der Waals surface area contributed by atoms with Crippen LogP contribution < -0.4 is 5.32 Å². The number of nitrogens with one attached hydrogen (secondary N) is 1. The van der Waals surface area contributed by atoms with Crippen molar-refractivity contribution in [3.63, 3.8) is 0 Å². The van der Waals surface area contributed by atoms with E-state index < -0.39 is 11.6 Å². The normalized spacial score (nSPS) is 12.4. The van der Waals surface area contributed by atoms with Crippen LogP contribution in [0.15, 0.2) is 36.4 Å². The number of rotatable bonds is 5. The molecule has 0 amide bonds. The summed E-state index contributed by atoms with van der Waals surface area (Å²) in [5.41, 5.74) is 1.42. The highest BCUT2D eigenvalue weighted by Crippen LogP contribution is 2.26. The van der Waals surface area contributed by atoms with E-state index in [0.29, 0.717) is 28.5 Å². The van der Waals surface area contributed by atoms with Crippen molar-refractivity contribution in [2.75, 3.05) is 7.05 Å². The minimum absolute atomic E-state index is 0.0244. The zero-order chi connectivity index (χ0) is 15.4. The van der Waals surface area contributed by atoms with Gasteiger partial charge in [-0.3, -0.25) is 0 Å². The molecule has 0 bridgehead atoms. The standard InChI is InChI=1S/C16H15Cl2F2N/c1-21-13(7-10-5-11(19)8-12(20)6-10)9-14-15(17)3-2-4-16(14)18/h2-6,8,13,21H,7,9H2,1H3. The Balaban J connectivity index is 2.17. The topological polar surface area (TPSA) is 12.0 Å². The van der Waals surface area contributed by atoms with Gasteiger partial charge in [-0.2, -0.15) is 0 Å². The van der Waals surface area contributed by atoms with Crippen molar-refractivity contribution in [2.45, 2.75) is 18.9 Å². The van der Waals surface area contributed by atoms with Crippen LogP contribution in [0.2, 0.25) is 10.0 Å². The Kier molecular flexibility index (Phi) is 5.57. The van der Waals surface area contributed by atoms with Crippen LogP contribution >= 0.6 is 23.2 Å². The molecule has 1 nitrogen and oxygen atoms in total. The van der Waals surface area contributed by atoms with Crippen LogP contribution in [-0.4, -0.2) is 13.1 Å². The van der Waals surface area contributed by atoms with Gasteiger partial charge in [0.1, 0.15) is 11.6 Å². The number of hydrogen-bond donors (Lipinski definition) is 1. The molecular weight excluding hydrogens is 315 g/mol. The van der Waals surface area contributed by atoms with E-state index in [1.807, 2.05) is 0 Å². The van der Waals surface area contributed by atoms with Crippen LogP contribution in [0.25, 0.3) is 0 Å². The predicted molar refractivity (Wildman–Crippen MR) is 83.1 cm³/mol. The van der Waals surface area contributed by atoms with Crippen molar-refractivity contribution in [1.29, 1.82) is 0 Å². The Morgan fingerprint density at radius 2 is 1.57 bits per heavy atom. The molecule has 0 saturated carbocycles. The molecule has 0 aliphatic carbocycles. The quantitative estimate of drug-likeness (QED) is 0.842. The lowest BCUT2D eigenvalue weighted by molar-refractivity contribution is 0.543. The van der Waals surface area contributed by atoms with Gasteiger partial charge in [-0.1, -0.05) is 29.3 Å².